The van der Waals surface area contributed by atoms with E-state index in [1.807, 2.05) is 11.3 Å². The molecule has 0 amide bonds. The standard InChI is InChI=1S/C14H18BrNS2/c1-4-5-16-14(11-8-17-7-9(11)2)13-6-12(15)10(3)18-13/h6-8,14,16H,4-5H2,1-3H3. The van der Waals surface area contributed by atoms with E-state index in [0.29, 0.717) is 6.04 Å². The van der Waals surface area contributed by atoms with Crippen molar-refractivity contribution in [3.8, 4) is 0 Å². The maximum atomic E-state index is 3.67. The van der Waals surface area contributed by atoms with Gasteiger partial charge < -0.3 is 5.32 Å². The van der Waals surface area contributed by atoms with E-state index in [2.05, 4.69) is 58.8 Å². The molecule has 0 aliphatic carbocycles. The summed E-state index contributed by atoms with van der Waals surface area (Å²) in [5.74, 6) is 0. The molecule has 2 aromatic rings. The van der Waals surface area contributed by atoms with Gasteiger partial charge in [0.1, 0.15) is 0 Å². The van der Waals surface area contributed by atoms with Crippen molar-refractivity contribution in [1.29, 1.82) is 0 Å². The van der Waals surface area contributed by atoms with Gasteiger partial charge in [-0.2, -0.15) is 11.3 Å². The Balaban J connectivity index is 2.33. The quantitative estimate of drug-likeness (QED) is 0.778. The Labute approximate surface area is 125 Å². The first kappa shape index (κ1) is 14.3. The molecule has 0 bridgehead atoms. The number of hydrogen-bond acceptors (Lipinski definition) is 3. The maximum absolute atomic E-state index is 3.67. The molecule has 0 saturated heterocycles. The summed E-state index contributed by atoms with van der Waals surface area (Å²) in [4.78, 5) is 2.75. The van der Waals surface area contributed by atoms with Crippen molar-refractivity contribution >= 4 is 38.6 Å². The second-order valence-corrected chi connectivity index (χ2v) is 7.34. The van der Waals surface area contributed by atoms with E-state index in [-0.39, 0.29) is 0 Å². The largest absolute Gasteiger partial charge is 0.306 e. The van der Waals surface area contributed by atoms with Crippen molar-refractivity contribution in [2.75, 3.05) is 6.54 Å². The van der Waals surface area contributed by atoms with Crippen LogP contribution in [0, 0.1) is 13.8 Å². The molecule has 0 saturated carbocycles. The molecule has 0 spiro atoms. The van der Waals surface area contributed by atoms with Gasteiger partial charge in [0, 0.05) is 14.2 Å². The lowest BCUT2D eigenvalue weighted by atomic mass is 10.1. The molecular formula is C14H18BrNS2. The fraction of sp³-hybridized carbons (Fsp3) is 0.429. The summed E-state index contributed by atoms with van der Waals surface area (Å²) in [6, 6.07) is 2.59. The second kappa shape index (κ2) is 6.33. The maximum Gasteiger partial charge on any atom is 0.0682 e. The number of aryl methyl sites for hydroxylation is 2. The van der Waals surface area contributed by atoms with Gasteiger partial charge in [-0.15, -0.1) is 11.3 Å². The molecule has 98 valence electrons. The summed E-state index contributed by atoms with van der Waals surface area (Å²) in [7, 11) is 0. The summed E-state index contributed by atoms with van der Waals surface area (Å²) in [6.07, 6.45) is 1.16. The van der Waals surface area contributed by atoms with E-state index in [1.54, 1.807) is 11.3 Å². The Morgan fingerprint density at radius 2 is 2.11 bits per heavy atom. The third kappa shape index (κ3) is 3.05. The van der Waals surface area contributed by atoms with Gasteiger partial charge >= 0.3 is 0 Å². The second-order valence-electron chi connectivity index (χ2n) is 4.45. The molecule has 1 atom stereocenters. The number of hydrogen-bond donors (Lipinski definition) is 1. The Kier molecular flexibility index (Phi) is 5.01. The Morgan fingerprint density at radius 3 is 2.61 bits per heavy atom. The van der Waals surface area contributed by atoms with E-state index < -0.39 is 0 Å². The first-order valence-corrected chi connectivity index (χ1v) is 8.70. The lowest BCUT2D eigenvalue weighted by molar-refractivity contribution is 0.605. The Morgan fingerprint density at radius 1 is 1.33 bits per heavy atom. The van der Waals surface area contributed by atoms with Crippen LogP contribution in [0.3, 0.4) is 0 Å². The molecule has 1 nitrogen and oxygen atoms in total. The molecule has 1 N–H and O–H groups in total. The SMILES string of the molecule is CCCNC(c1cc(Br)c(C)s1)c1cscc1C. The van der Waals surface area contributed by atoms with E-state index in [4.69, 9.17) is 0 Å². The zero-order valence-corrected chi connectivity index (χ0v) is 14.1. The van der Waals surface area contributed by atoms with Crippen LogP contribution in [-0.4, -0.2) is 6.54 Å². The van der Waals surface area contributed by atoms with Crippen molar-refractivity contribution in [1.82, 2.24) is 5.32 Å². The minimum absolute atomic E-state index is 0.339. The first-order chi connectivity index (χ1) is 8.63. The molecule has 0 fully saturated rings. The van der Waals surface area contributed by atoms with Crippen molar-refractivity contribution < 1.29 is 0 Å². The van der Waals surface area contributed by atoms with Crippen LogP contribution < -0.4 is 5.32 Å². The minimum atomic E-state index is 0.339. The van der Waals surface area contributed by atoms with Gasteiger partial charge in [-0.05, 0) is 70.7 Å². The van der Waals surface area contributed by atoms with Crippen molar-refractivity contribution in [2.24, 2.45) is 0 Å². The lowest BCUT2D eigenvalue weighted by Crippen LogP contribution is -2.22. The summed E-state index contributed by atoms with van der Waals surface area (Å²) < 4.78 is 1.22. The lowest BCUT2D eigenvalue weighted by Gasteiger charge is -2.17. The summed E-state index contributed by atoms with van der Waals surface area (Å²) in [6.45, 7) is 7.62. The smallest absolute Gasteiger partial charge is 0.0682 e. The van der Waals surface area contributed by atoms with Gasteiger partial charge in [0.25, 0.3) is 0 Å². The fourth-order valence-corrected chi connectivity index (χ4v) is 4.48. The molecule has 1 unspecified atom stereocenters. The van der Waals surface area contributed by atoms with Gasteiger partial charge in [0.15, 0.2) is 0 Å². The highest BCUT2D eigenvalue weighted by atomic mass is 79.9. The van der Waals surface area contributed by atoms with Crippen LogP contribution in [-0.2, 0) is 0 Å². The van der Waals surface area contributed by atoms with Crippen LogP contribution >= 0.6 is 38.6 Å². The number of nitrogens with one attached hydrogen (secondary N) is 1. The fourth-order valence-electron chi connectivity index (χ4n) is 1.94. The van der Waals surface area contributed by atoms with E-state index in [9.17, 15) is 0 Å². The highest BCUT2D eigenvalue weighted by Gasteiger charge is 2.19. The monoisotopic (exact) mass is 343 g/mol. The average molecular weight is 344 g/mol. The number of halogens is 1. The van der Waals surface area contributed by atoms with Crippen LogP contribution in [0.1, 0.15) is 40.3 Å². The summed E-state index contributed by atoms with van der Waals surface area (Å²) >= 11 is 7.28. The topological polar surface area (TPSA) is 12.0 Å². The molecule has 18 heavy (non-hydrogen) atoms. The third-order valence-corrected chi connectivity index (χ3v) is 6.05. The zero-order valence-electron chi connectivity index (χ0n) is 10.9. The van der Waals surface area contributed by atoms with Crippen molar-refractivity contribution in [2.45, 2.75) is 33.2 Å². The highest BCUT2D eigenvalue weighted by Crippen LogP contribution is 2.35. The van der Waals surface area contributed by atoms with Gasteiger partial charge in [-0.3, -0.25) is 0 Å². The molecule has 0 aromatic carbocycles. The van der Waals surface area contributed by atoms with Crippen LogP contribution in [0.25, 0.3) is 0 Å². The molecule has 2 heterocycles. The first-order valence-electron chi connectivity index (χ1n) is 6.15. The molecule has 0 aliphatic rings. The molecule has 2 rings (SSSR count). The van der Waals surface area contributed by atoms with Crippen LogP contribution in [0.15, 0.2) is 21.3 Å². The molecule has 0 radical (unpaired) electrons. The van der Waals surface area contributed by atoms with Crippen molar-refractivity contribution in [3.63, 3.8) is 0 Å². The normalized spacial score (nSPS) is 12.9. The Bertz CT molecular complexity index is 496. The summed E-state index contributed by atoms with van der Waals surface area (Å²) in [5.41, 5.74) is 2.80. The van der Waals surface area contributed by atoms with Crippen molar-refractivity contribution in [3.05, 3.63) is 42.2 Å². The number of rotatable bonds is 5. The van der Waals surface area contributed by atoms with Crippen LogP contribution in [0.5, 0.6) is 0 Å². The Hall–Kier alpha value is -0.160. The average Bonchev–Trinajstić information content (AvgIpc) is 2.88. The number of thiophene rings is 2. The van der Waals surface area contributed by atoms with E-state index in [1.165, 1.54) is 25.4 Å². The highest BCUT2D eigenvalue weighted by molar-refractivity contribution is 9.10. The minimum Gasteiger partial charge on any atom is -0.306 e. The third-order valence-electron chi connectivity index (χ3n) is 2.97. The van der Waals surface area contributed by atoms with Crippen LogP contribution in [0.2, 0.25) is 0 Å². The molecule has 0 aliphatic heterocycles. The summed E-state index contributed by atoms with van der Waals surface area (Å²) in [5, 5.41) is 8.16. The van der Waals surface area contributed by atoms with Gasteiger partial charge in [0.2, 0.25) is 0 Å². The van der Waals surface area contributed by atoms with Gasteiger partial charge in [0.05, 0.1) is 6.04 Å². The molecule has 2 aromatic heterocycles. The van der Waals surface area contributed by atoms with E-state index in [0.717, 1.165) is 13.0 Å². The van der Waals surface area contributed by atoms with Crippen LogP contribution in [0.4, 0.5) is 0 Å². The van der Waals surface area contributed by atoms with Gasteiger partial charge in [-0.25, -0.2) is 0 Å². The predicted molar refractivity (Wildman–Crippen MR) is 85.9 cm³/mol. The van der Waals surface area contributed by atoms with E-state index >= 15 is 0 Å². The molecular weight excluding hydrogens is 326 g/mol. The van der Waals surface area contributed by atoms with Gasteiger partial charge in [-0.1, -0.05) is 6.92 Å². The molecule has 4 heteroatoms. The zero-order chi connectivity index (χ0) is 13.1. The predicted octanol–water partition coefficient (Wildman–Crippen LogP) is 5.28.